The van der Waals surface area contributed by atoms with Gasteiger partial charge in [-0.2, -0.15) is 5.10 Å². The summed E-state index contributed by atoms with van der Waals surface area (Å²) in [6.07, 6.45) is 3.86. The molecule has 5 nitrogen and oxygen atoms in total. The van der Waals surface area contributed by atoms with Crippen molar-refractivity contribution < 1.29 is 14.1 Å². The summed E-state index contributed by atoms with van der Waals surface area (Å²) in [5.74, 6) is -1.15. The zero-order valence-corrected chi connectivity index (χ0v) is 10.9. The average Bonchev–Trinajstić information content (AvgIpc) is 2.67. The van der Waals surface area contributed by atoms with Crippen molar-refractivity contribution in [3.63, 3.8) is 0 Å². The number of hydrogen-bond donors (Lipinski definition) is 1. The lowest BCUT2D eigenvalue weighted by Gasteiger charge is -2.12. The first kappa shape index (κ1) is 13.9. The minimum atomic E-state index is -1.38. The van der Waals surface area contributed by atoms with Gasteiger partial charge in [0.25, 0.3) is 0 Å². The van der Waals surface area contributed by atoms with Crippen LogP contribution in [0.4, 0.5) is 0 Å². The van der Waals surface area contributed by atoms with E-state index < -0.39 is 16.8 Å². The third kappa shape index (κ3) is 4.30. The van der Waals surface area contributed by atoms with Crippen LogP contribution in [0.25, 0.3) is 0 Å². The lowest BCUT2D eigenvalue weighted by Crippen LogP contribution is -2.12. The number of carboxylic acids is 1. The Balaban J connectivity index is 2.62. The summed E-state index contributed by atoms with van der Waals surface area (Å²) in [7, 11) is -1.38. The summed E-state index contributed by atoms with van der Waals surface area (Å²) in [5.41, 5.74) is 0.691. The Morgan fingerprint density at radius 2 is 2.18 bits per heavy atom. The van der Waals surface area contributed by atoms with Gasteiger partial charge in [-0.25, -0.2) is 0 Å². The first-order valence-electron chi connectivity index (χ1n) is 5.67. The molecule has 0 saturated carbocycles. The van der Waals surface area contributed by atoms with E-state index in [1.165, 1.54) is 0 Å². The third-order valence-corrected chi connectivity index (χ3v) is 3.76. The summed E-state index contributed by atoms with van der Waals surface area (Å²) in [6, 6.07) is 2.16. The molecule has 1 aromatic rings. The van der Waals surface area contributed by atoms with Gasteiger partial charge in [0.15, 0.2) is 0 Å². The summed E-state index contributed by atoms with van der Waals surface area (Å²) in [5, 5.41) is 12.8. The number of carbonyl (C=O) groups is 1. The van der Waals surface area contributed by atoms with Crippen LogP contribution in [0.1, 0.15) is 38.4 Å². The van der Waals surface area contributed by atoms with Crippen LogP contribution in [0.3, 0.4) is 0 Å². The molecule has 0 aromatic carbocycles. The van der Waals surface area contributed by atoms with Gasteiger partial charge in [0.2, 0.25) is 0 Å². The SMILES string of the molecule is CCC(CC)n1ccc(CS(=O)CC(=O)O)n1. The van der Waals surface area contributed by atoms with Crippen molar-refractivity contribution in [1.82, 2.24) is 9.78 Å². The van der Waals surface area contributed by atoms with E-state index in [9.17, 15) is 9.00 Å². The van der Waals surface area contributed by atoms with Gasteiger partial charge in [-0.05, 0) is 18.9 Å². The number of aliphatic carboxylic acids is 1. The number of carboxylic acid groups (broad SMARTS) is 1. The second kappa shape index (κ2) is 6.54. The van der Waals surface area contributed by atoms with Crippen LogP contribution in [-0.2, 0) is 21.3 Å². The molecular weight excluding hydrogens is 240 g/mol. The molecule has 0 saturated heterocycles. The molecule has 1 N–H and O–H groups in total. The first-order chi connectivity index (χ1) is 8.06. The Kier molecular flexibility index (Phi) is 5.34. The number of rotatable bonds is 7. The summed E-state index contributed by atoms with van der Waals surface area (Å²) >= 11 is 0. The van der Waals surface area contributed by atoms with Gasteiger partial charge < -0.3 is 5.11 Å². The third-order valence-electron chi connectivity index (χ3n) is 2.57. The second-order valence-corrected chi connectivity index (χ2v) is 5.34. The summed E-state index contributed by atoms with van der Waals surface area (Å²) in [4.78, 5) is 10.4. The summed E-state index contributed by atoms with van der Waals surface area (Å²) < 4.78 is 13.3. The highest BCUT2D eigenvalue weighted by molar-refractivity contribution is 7.84. The molecule has 0 aliphatic carbocycles. The molecule has 0 amide bonds. The van der Waals surface area contributed by atoms with Crippen LogP contribution in [0.2, 0.25) is 0 Å². The molecule has 1 rings (SSSR count). The minimum absolute atomic E-state index is 0.208. The maximum Gasteiger partial charge on any atom is 0.316 e. The molecule has 1 aromatic heterocycles. The van der Waals surface area contributed by atoms with E-state index in [1.807, 2.05) is 10.9 Å². The highest BCUT2D eigenvalue weighted by Gasteiger charge is 2.11. The van der Waals surface area contributed by atoms with E-state index in [0.717, 1.165) is 12.8 Å². The fourth-order valence-electron chi connectivity index (χ4n) is 1.67. The van der Waals surface area contributed by atoms with E-state index in [2.05, 4.69) is 18.9 Å². The van der Waals surface area contributed by atoms with Crippen LogP contribution in [0.15, 0.2) is 12.3 Å². The van der Waals surface area contributed by atoms with Crippen molar-refractivity contribution >= 4 is 16.8 Å². The molecule has 96 valence electrons. The monoisotopic (exact) mass is 258 g/mol. The zero-order valence-electron chi connectivity index (χ0n) is 10.1. The maximum atomic E-state index is 11.4. The fourth-order valence-corrected chi connectivity index (χ4v) is 2.54. The van der Waals surface area contributed by atoms with Crippen LogP contribution < -0.4 is 0 Å². The summed E-state index contributed by atoms with van der Waals surface area (Å²) in [6.45, 7) is 4.19. The molecule has 6 heteroatoms. The van der Waals surface area contributed by atoms with E-state index in [0.29, 0.717) is 11.7 Å². The van der Waals surface area contributed by atoms with Crippen LogP contribution in [-0.4, -0.2) is 30.8 Å². The second-order valence-electron chi connectivity index (χ2n) is 3.88. The normalized spacial score (nSPS) is 12.9. The van der Waals surface area contributed by atoms with Gasteiger partial charge >= 0.3 is 5.97 Å². The molecule has 0 fully saturated rings. The number of aromatic nitrogens is 2. The maximum absolute atomic E-state index is 11.4. The molecule has 0 bridgehead atoms. The predicted octanol–water partition coefficient (Wildman–Crippen LogP) is 1.58. The van der Waals surface area contributed by atoms with Crippen LogP contribution in [0.5, 0.6) is 0 Å². The van der Waals surface area contributed by atoms with Gasteiger partial charge in [0, 0.05) is 17.0 Å². The van der Waals surface area contributed by atoms with E-state index >= 15 is 0 Å². The Bertz CT molecular complexity index is 399. The van der Waals surface area contributed by atoms with Gasteiger partial charge in [0.05, 0.1) is 17.5 Å². The predicted molar refractivity (Wildman–Crippen MR) is 66.2 cm³/mol. The number of hydrogen-bond acceptors (Lipinski definition) is 3. The van der Waals surface area contributed by atoms with E-state index in [-0.39, 0.29) is 11.5 Å². The van der Waals surface area contributed by atoms with Crippen molar-refractivity contribution in [2.45, 2.75) is 38.5 Å². The van der Waals surface area contributed by atoms with Crippen LogP contribution in [0, 0.1) is 0 Å². The molecule has 0 radical (unpaired) electrons. The number of nitrogens with zero attached hydrogens (tertiary/aromatic N) is 2. The Labute approximate surface area is 103 Å². The Hall–Kier alpha value is -1.17. The molecular formula is C11H18N2O3S. The van der Waals surface area contributed by atoms with E-state index in [4.69, 9.17) is 5.11 Å². The standard InChI is InChI=1S/C11H18N2O3S/c1-3-10(4-2)13-6-5-9(12-13)7-17(16)8-11(14)15/h5-6,10H,3-4,7-8H2,1-2H3,(H,14,15). The molecule has 1 heterocycles. The lowest BCUT2D eigenvalue weighted by molar-refractivity contribution is -0.133. The van der Waals surface area contributed by atoms with E-state index in [1.54, 1.807) is 6.07 Å². The fraction of sp³-hybridized carbons (Fsp3) is 0.636. The highest BCUT2D eigenvalue weighted by atomic mass is 32.2. The molecule has 0 aliphatic heterocycles. The molecule has 1 unspecified atom stereocenters. The largest absolute Gasteiger partial charge is 0.481 e. The Morgan fingerprint density at radius 3 is 2.71 bits per heavy atom. The smallest absolute Gasteiger partial charge is 0.316 e. The van der Waals surface area contributed by atoms with Crippen molar-refractivity contribution in [2.75, 3.05) is 5.75 Å². The van der Waals surface area contributed by atoms with Crippen molar-refractivity contribution in [3.8, 4) is 0 Å². The van der Waals surface area contributed by atoms with Gasteiger partial charge in [0.1, 0.15) is 5.75 Å². The topological polar surface area (TPSA) is 72.2 Å². The van der Waals surface area contributed by atoms with Crippen molar-refractivity contribution in [3.05, 3.63) is 18.0 Å². The van der Waals surface area contributed by atoms with Crippen molar-refractivity contribution in [2.24, 2.45) is 0 Å². The van der Waals surface area contributed by atoms with Gasteiger partial charge in [-0.3, -0.25) is 13.7 Å². The Morgan fingerprint density at radius 1 is 1.53 bits per heavy atom. The molecule has 0 aliphatic rings. The molecule has 17 heavy (non-hydrogen) atoms. The van der Waals surface area contributed by atoms with Gasteiger partial charge in [-0.15, -0.1) is 0 Å². The quantitative estimate of drug-likeness (QED) is 0.806. The van der Waals surface area contributed by atoms with Gasteiger partial charge in [-0.1, -0.05) is 13.8 Å². The lowest BCUT2D eigenvalue weighted by atomic mass is 10.2. The van der Waals surface area contributed by atoms with Crippen LogP contribution >= 0.6 is 0 Å². The molecule has 1 atom stereocenters. The minimum Gasteiger partial charge on any atom is -0.481 e. The zero-order chi connectivity index (χ0) is 12.8. The first-order valence-corrected chi connectivity index (χ1v) is 7.16. The molecule has 0 spiro atoms. The van der Waals surface area contributed by atoms with Crippen molar-refractivity contribution in [1.29, 1.82) is 0 Å². The average molecular weight is 258 g/mol. The highest BCUT2D eigenvalue weighted by Crippen LogP contribution is 2.14.